The van der Waals surface area contributed by atoms with Gasteiger partial charge in [0.05, 0.1) is 0 Å². The van der Waals surface area contributed by atoms with Gasteiger partial charge in [0, 0.05) is 18.0 Å². The molecule has 0 bridgehead atoms. The number of carboxylic acids is 1. The summed E-state index contributed by atoms with van der Waals surface area (Å²) in [6, 6.07) is 5.00. The van der Waals surface area contributed by atoms with Crippen molar-refractivity contribution in [2.45, 2.75) is 32.2 Å². The van der Waals surface area contributed by atoms with Crippen LogP contribution in [0, 0.1) is 11.7 Å². The topological polar surface area (TPSA) is 57.6 Å². The zero-order valence-electron chi connectivity index (χ0n) is 12.1. The van der Waals surface area contributed by atoms with Crippen molar-refractivity contribution in [2.24, 2.45) is 5.92 Å². The fourth-order valence-corrected chi connectivity index (χ4v) is 2.94. The molecule has 2 atom stereocenters. The summed E-state index contributed by atoms with van der Waals surface area (Å²) in [5.74, 6) is -1.45. The number of aliphatic carboxylic acids is 1. The molecule has 0 aliphatic carbocycles. The molecule has 0 saturated carbocycles. The highest BCUT2D eigenvalue weighted by Gasteiger charge is 2.32. The molecular weight excluding hydrogens is 273 g/mol. The minimum Gasteiger partial charge on any atom is -0.480 e. The standard InChI is InChI=1S/C16H20FNO3/c1-2-14(16(20)21)18-9-3-4-12(10-18)15(19)11-5-7-13(17)8-6-11/h5-8,12,14H,2-4,9-10H2,1H3,(H,20,21). The Morgan fingerprint density at radius 3 is 2.62 bits per heavy atom. The van der Waals surface area contributed by atoms with Crippen molar-refractivity contribution < 1.29 is 19.1 Å². The van der Waals surface area contributed by atoms with Crippen LogP contribution in [0.25, 0.3) is 0 Å². The molecule has 1 aliphatic heterocycles. The van der Waals surface area contributed by atoms with Gasteiger partial charge in [-0.25, -0.2) is 4.39 Å². The Bertz CT molecular complexity index is 515. The molecule has 2 rings (SSSR count). The second kappa shape index (κ2) is 6.80. The average molecular weight is 293 g/mol. The van der Waals surface area contributed by atoms with E-state index in [-0.39, 0.29) is 17.5 Å². The highest BCUT2D eigenvalue weighted by molar-refractivity contribution is 5.98. The van der Waals surface area contributed by atoms with Crippen molar-refractivity contribution in [1.82, 2.24) is 4.90 Å². The van der Waals surface area contributed by atoms with Gasteiger partial charge in [0.15, 0.2) is 5.78 Å². The van der Waals surface area contributed by atoms with E-state index in [4.69, 9.17) is 0 Å². The van der Waals surface area contributed by atoms with E-state index in [2.05, 4.69) is 0 Å². The lowest BCUT2D eigenvalue weighted by Crippen LogP contribution is -2.47. The third-order valence-corrected chi connectivity index (χ3v) is 4.06. The zero-order chi connectivity index (χ0) is 15.4. The van der Waals surface area contributed by atoms with Crippen LogP contribution in [0.3, 0.4) is 0 Å². The Morgan fingerprint density at radius 1 is 1.38 bits per heavy atom. The third-order valence-electron chi connectivity index (χ3n) is 4.06. The van der Waals surface area contributed by atoms with Crippen molar-refractivity contribution in [1.29, 1.82) is 0 Å². The minimum atomic E-state index is -0.840. The lowest BCUT2D eigenvalue weighted by Gasteiger charge is -2.35. The summed E-state index contributed by atoms with van der Waals surface area (Å²) in [7, 11) is 0. The molecule has 1 N–H and O–H groups in total. The molecule has 1 aliphatic rings. The molecule has 0 radical (unpaired) electrons. The Hall–Kier alpha value is -1.75. The summed E-state index contributed by atoms with van der Waals surface area (Å²) >= 11 is 0. The maximum atomic E-state index is 12.9. The van der Waals surface area contributed by atoms with Crippen molar-refractivity contribution in [3.63, 3.8) is 0 Å². The monoisotopic (exact) mass is 293 g/mol. The SMILES string of the molecule is CCC(C(=O)O)N1CCCC(C(=O)c2ccc(F)cc2)C1. The molecular formula is C16H20FNO3. The van der Waals surface area contributed by atoms with Crippen LogP contribution in [0.2, 0.25) is 0 Å². The summed E-state index contributed by atoms with van der Waals surface area (Å²) in [6.07, 6.45) is 2.08. The molecule has 0 aromatic heterocycles. The van der Waals surface area contributed by atoms with Crippen LogP contribution < -0.4 is 0 Å². The van der Waals surface area contributed by atoms with Crippen molar-refractivity contribution in [3.05, 3.63) is 35.6 Å². The van der Waals surface area contributed by atoms with Crippen LogP contribution in [0.4, 0.5) is 4.39 Å². The second-order valence-corrected chi connectivity index (χ2v) is 5.47. The molecule has 1 fully saturated rings. The van der Waals surface area contributed by atoms with Crippen LogP contribution >= 0.6 is 0 Å². The normalized spacial score (nSPS) is 21.0. The van der Waals surface area contributed by atoms with Gasteiger partial charge in [0.1, 0.15) is 11.9 Å². The number of carbonyl (C=O) groups is 2. The summed E-state index contributed by atoms with van der Waals surface area (Å²) in [5.41, 5.74) is 0.492. The van der Waals surface area contributed by atoms with Gasteiger partial charge in [-0.05, 0) is 50.1 Å². The lowest BCUT2D eigenvalue weighted by atomic mass is 9.89. The van der Waals surface area contributed by atoms with E-state index in [0.29, 0.717) is 25.1 Å². The number of carboxylic acid groups (broad SMARTS) is 1. The minimum absolute atomic E-state index is 0.0278. The number of hydrogen-bond acceptors (Lipinski definition) is 3. The fraction of sp³-hybridized carbons (Fsp3) is 0.500. The number of piperidine rings is 1. The fourth-order valence-electron chi connectivity index (χ4n) is 2.94. The van der Waals surface area contributed by atoms with Crippen LogP contribution in [0.15, 0.2) is 24.3 Å². The average Bonchev–Trinajstić information content (AvgIpc) is 2.48. The van der Waals surface area contributed by atoms with Crippen LogP contribution in [-0.2, 0) is 4.79 Å². The van der Waals surface area contributed by atoms with E-state index in [9.17, 15) is 19.1 Å². The number of hydrogen-bond donors (Lipinski definition) is 1. The van der Waals surface area contributed by atoms with E-state index in [1.807, 2.05) is 11.8 Å². The molecule has 1 aromatic carbocycles. The number of carbonyl (C=O) groups excluding carboxylic acids is 1. The third kappa shape index (κ3) is 3.67. The van der Waals surface area contributed by atoms with E-state index in [1.165, 1.54) is 24.3 Å². The van der Waals surface area contributed by atoms with E-state index in [0.717, 1.165) is 12.8 Å². The number of ketones is 1. The van der Waals surface area contributed by atoms with E-state index < -0.39 is 12.0 Å². The highest BCUT2D eigenvalue weighted by Crippen LogP contribution is 2.23. The van der Waals surface area contributed by atoms with Gasteiger partial charge in [-0.15, -0.1) is 0 Å². The van der Waals surface area contributed by atoms with Gasteiger partial charge in [-0.2, -0.15) is 0 Å². The molecule has 2 unspecified atom stereocenters. The molecule has 1 heterocycles. The molecule has 1 saturated heterocycles. The molecule has 4 nitrogen and oxygen atoms in total. The molecule has 5 heteroatoms. The first-order valence-electron chi connectivity index (χ1n) is 7.29. The predicted octanol–water partition coefficient (Wildman–Crippen LogP) is 2.58. The number of Topliss-reactive ketones (excluding diaryl/α,β-unsaturated/α-hetero) is 1. The van der Waals surface area contributed by atoms with Gasteiger partial charge in [0.25, 0.3) is 0 Å². The molecule has 21 heavy (non-hydrogen) atoms. The summed E-state index contributed by atoms with van der Waals surface area (Å²) in [5, 5.41) is 9.23. The number of likely N-dealkylation sites (tertiary alicyclic amines) is 1. The molecule has 0 amide bonds. The van der Waals surface area contributed by atoms with Crippen LogP contribution in [0.5, 0.6) is 0 Å². The maximum Gasteiger partial charge on any atom is 0.320 e. The van der Waals surface area contributed by atoms with Crippen LogP contribution in [0.1, 0.15) is 36.5 Å². The van der Waals surface area contributed by atoms with Crippen molar-refractivity contribution in [2.75, 3.05) is 13.1 Å². The first-order valence-corrected chi connectivity index (χ1v) is 7.29. The smallest absolute Gasteiger partial charge is 0.320 e. The van der Waals surface area contributed by atoms with Gasteiger partial charge in [-0.3, -0.25) is 14.5 Å². The number of benzene rings is 1. The van der Waals surface area contributed by atoms with E-state index >= 15 is 0 Å². The maximum absolute atomic E-state index is 12.9. The van der Waals surface area contributed by atoms with Gasteiger partial charge >= 0.3 is 5.97 Å². The first-order chi connectivity index (χ1) is 10.0. The number of halogens is 1. The predicted molar refractivity (Wildman–Crippen MR) is 76.7 cm³/mol. The molecule has 1 aromatic rings. The largest absolute Gasteiger partial charge is 0.480 e. The number of rotatable bonds is 5. The first kappa shape index (κ1) is 15.6. The lowest BCUT2D eigenvalue weighted by molar-refractivity contribution is -0.144. The Kier molecular flexibility index (Phi) is 5.07. The van der Waals surface area contributed by atoms with Crippen LogP contribution in [-0.4, -0.2) is 40.9 Å². The van der Waals surface area contributed by atoms with Gasteiger partial charge in [-0.1, -0.05) is 6.92 Å². The summed E-state index contributed by atoms with van der Waals surface area (Å²) in [6.45, 7) is 3.00. The number of nitrogens with zero attached hydrogens (tertiary/aromatic N) is 1. The highest BCUT2D eigenvalue weighted by atomic mass is 19.1. The summed E-state index contributed by atoms with van der Waals surface area (Å²) in [4.78, 5) is 25.6. The Balaban J connectivity index is 2.08. The van der Waals surface area contributed by atoms with Gasteiger partial charge < -0.3 is 5.11 Å². The Morgan fingerprint density at radius 2 is 2.05 bits per heavy atom. The quantitative estimate of drug-likeness (QED) is 0.848. The van der Waals surface area contributed by atoms with Crippen molar-refractivity contribution in [3.8, 4) is 0 Å². The second-order valence-electron chi connectivity index (χ2n) is 5.47. The van der Waals surface area contributed by atoms with E-state index in [1.54, 1.807) is 0 Å². The zero-order valence-corrected chi connectivity index (χ0v) is 12.1. The molecule has 0 spiro atoms. The Labute approximate surface area is 123 Å². The summed E-state index contributed by atoms with van der Waals surface area (Å²) < 4.78 is 12.9. The van der Waals surface area contributed by atoms with Crippen molar-refractivity contribution >= 4 is 11.8 Å². The van der Waals surface area contributed by atoms with Gasteiger partial charge in [0.2, 0.25) is 0 Å². The molecule has 114 valence electrons.